The van der Waals surface area contributed by atoms with Gasteiger partial charge in [0.15, 0.2) is 0 Å². The van der Waals surface area contributed by atoms with Crippen LogP contribution in [0.15, 0.2) is 24.8 Å². The first-order valence-electron chi connectivity index (χ1n) is 7.97. The average molecular weight is 353 g/mol. The second kappa shape index (κ2) is 7.20. The molecule has 0 unspecified atom stereocenters. The van der Waals surface area contributed by atoms with Crippen LogP contribution in [0.25, 0.3) is 0 Å². The Morgan fingerprint density at radius 1 is 1.08 bits per heavy atom. The number of alkyl halides is 3. The molecule has 0 aromatic carbocycles. The van der Waals surface area contributed by atoms with Crippen molar-refractivity contribution in [3.05, 3.63) is 36.2 Å². The van der Waals surface area contributed by atoms with Crippen molar-refractivity contribution in [2.24, 2.45) is 5.92 Å². The van der Waals surface area contributed by atoms with Crippen molar-refractivity contribution in [1.82, 2.24) is 19.9 Å². The molecule has 3 rings (SSSR count). The van der Waals surface area contributed by atoms with Gasteiger partial charge in [-0.2, -0.15) is 13.2 Å². The number of aromatic nitrogens is 4. The molecular weight excluding hydrogens is 335 g/mol. The normalized spacial score (nSPS) is 16.1. The molecule has 1 fully saturated rings. The van der Waals surface area contributed by atoms with Gasteiger partial charge in [0, 0.05) is 30.9 Å². The van der Waals surface area contributed by atoms with E-state index < -0.39 is 11.9 Å². The Morgan fingerprint density at radius 2 is 1.80 bits per heavy atom. The summed E-state index contributed by atoms with van der Waals surface area (Å²) in [6.45, 7) is 3.65. The van der Waals surface area contributed by atoms with Crippen molar-refractivity contribution in [2.45, 2.75) is 25.9 Å². The van der Waals surface area contributed by atoms with Gasteiger partial charge in [-0.05, 0) is 25.7 Å². The lowest BCUT2D eigenvalue weighted by Crippen LogP contribution is -2.36. The van der Waals surface area contributed by atoms with Gasteiger partial charge in [0.2, 0.25) is 5.88 Å². The molecule has 0 atom stereocenters. The predicted molar refractivity (Wildman–Crippen MR) is 84.2 cm³/mol. The van der Waals surface area contributed by atoms with Crippen LogP contribution in [0.2, 0.25) is 0 Å². The van der Waals surface area contributed by atoms with E-state index in [0.717, 1.165) is 30.9 Å². The molecule has 0 radical (unpaired) electrons. The third-order valence-electron chi connectivity index (χ3n) is 4.13. The zero-order chi connectivity index (χ0) is 17.9. The van der Waals surface area contributed by atoms with Crippen LogP contribution in [0.4, 0.5) is 19.0 Å². The van der Waals surface area contributed by atoms with E-state index in [-0.39, 0.29) is 0 Å². The van der Waals surface area contributed by atoms with Crippen molar-refractivity contribution in [3.8, 4) is 5.88 Å². The number of hydrogen-bond acceptors (Lipinski definition) is 6. The molecule has 134 valence electrons. The minimum absolute atomic E-state index is 0.313. The van der Waals surface area contributed by atoms with E-state index >= 15 is 0 Å². The lowest BCUT2D eigenvalue weighted by atomic mass is 9.98. The van der Waals surface area contributed by atoms with E-state index in [9.17, 15) is 13.2 Å². The molecule has 0 bridgehead atoms. The first-order chi connectivity index (χ1) is 11.9. The molecule has 0 N–H and O–H groups in total. The number of anilines is 1. The molecule has 25 heavy (non-hydrogen) atoms. The highest BCUT2D eigenvalue weighted by Gasteiger charge is 2.33. The fourth-order valence-corrected chi connectivity index (χ4v) is 2.72. The maximum Gasteiger partial charge on any atom is 0.433 e. The molecule has 0 aliphatic carbocycles. The van der Waals surface area contributed by atoms with Gasteiger partial charge < -0.3 is 9.64 Å². The Bertz CT molecular complexity index is 717. The summed E-state index contributed by atoms with van der Waals surface area (Å²) in [5.41, 5.74) is -0.0777. The van der Waals surface area contributed by atoms with E-state index in [4.69, 9.17) is 4.74 Å². The summed E-state index contributed by atoms with van der Waals surface area (Å²) in [5, 5.41) is 0. The van der Waals surface area contributed by atoms with E-state index in [1.54, 1.807) is 6.07 Å². The summed E-state index contributed by atoms with van der Waals surface area (Å²) in [4.78, 5) is 17.2. The number of nitrogens with zero attached hydrogens (tertiary/aromatic N) is 5. The SMILES string of the molecule is Cc1cc(OCC2CCN(c3cc(C(F)(F)F)ncn3)CC2)ncn1. The number of piperidine rings is 1. The summed E-state index contributed by atoms with van der Waals surface area (Å²) >= 11 is 0. The number of ether oxygens (including phenoxy) is 1. The van der Waals surface area contributed by atoms with Gasteiger partial charge in [0.25, 0.3) is 0 Å². The van der Waals surface area contributed by atoms with Gasteiger partial charge in [0.1, 0.15) is 24.2 Å². The lowest BCUT2D eigenvalue weighted by molar-refractivity contribution is -0.141. The van der Waals surface area contributed by atoms with E-state index in [1.807, 2.05) is 11.8 Å². The largest absolute Gasteiger partial charge is 0.477 e. The Kier molecular flexibility index (Phi) is 5.00. The van der Waals surface area contributed by atoms with Gasteiger partial charge in [0.05, 0.1) is 6.61 Å². The Morgan fingerprint density at radius 3 is 2.48 bits per heavy atom. The molecule has 2 aromatic heterocycles. The summed E-state index contributed by atoms with van der Waals surface area (Å²) in [5.74, 6) is 1.18. The summed E-state index contributed by atoms with van der Waals surface area (Å²) in [7, 11) is 0. The van der Waals surface area contributed by atoms with Crippen LogP contribution in [-0.2, 0) is 6.18 Å². The minimum Gasteiger partial charge on any atom is -0.477 e. The lowest BCUT2D eigenvalue weighted by Gasteiger charge is -2.32. The molecule has 1 aliphatic heterocycles. The molecule has 0 saturated carbocycles. The van der Waals surface area contributed by atoms with Crippen molar-refractivity contribution in [1.29, 1.82) is 0 Å². The van der Waals surface area contributed by atoms with Crippen LogP contribution in [0.5, 0.6) is 5.88 Å². The first-order valence-corrected chi connectivity index (χ1v) is 7.97. The Balaban J connectivity index is 1.53. The third kappa shape index (κ3) is 4.55. The van der Waals surface area contributed by atoms with E-state index in [0.29, 0.717) is 37.3 Å². The van der Waals surface area contributed by atoms with Crippen LogP contribution in [0.3, 0.4) is 0 Å². The highest BCUT2D eigenvalue weighted by molar-refractivity contribution is 5.39. The Labute approximate surface area is 143 Å². The van der Waals surface area contributed by atoms with Gasteiger partial charge in [-0.1, -0.05) is 0 Å². The molecule has 1 aliphatic rings. The molecule has 9 heteroatoms. The molecule has 1 saturated heterocycles. The standard InChI is InChI=1S/C16H18F3N5O/c1-11-6-15(23-9-20-11)25-8-12-2-4-24(5-3-12)14-7-13(16(17,18)19)21-10-22-14/h6-7,9-10,12H,2-5,8H2,1H3. The van der Waals surface area contributed by atoms with Gasteiger partial charge >= 0.3 is 6.18 Å². The quantitative estimate of drug-likeness (QED) is 0.842. The maximum absolute atomic E-state index is 12.8. The van der Waals surface area contributed by atoms with Crippen LogP contribution >= 0.6 is 0 Å². The maximum atomic E-state index is 12.8. The predicted octanol–water partition coefficient (Wildman–Crippen LogP) is 2.89. The van der Waals surface area contributed by atoms with Crippen LogP contribution in [0, 0.1) is 12.8 Å². The number of rotatable bonds is 4. The molecule has 6 nitrogen and oxygen atoms in total. The number of aryl methyl sites for hydroxylation is 1. The second-order valence-corrected chi connectivity index (χ2v) is 6.00. The Hall–Kier alpha value is -2.45. The van der Waals surface area contributed by atoms with Crippen molar-refractivity contribution in [3.63, 3.8) is 0 Å². The topological polar surface area (TPSA) is 64.0 Å². The molecular formula is C16H18F3N5O. The summed E-state index contributed by atoms with van der Waals surface area (Å²) in [6, 6.07) is 2.77. The number of hydrogen-bond donors (Lipinski definition) is 0. The van der Waals surface area contributed by atoms with Crippen LogP contribution in [-0.4, -0.2) is 39.6 Å². The monoisotopic (exact) mass is 353 g/mol. The smallest absolute Gasteiger partial charge is 0.433 e. The van der Waals surface area contributed by atoms with Gasteiger partial charge in [-0.15, -0.1) is 0 Å². The van der Waals surface area contributed by atoms with Gasteiger partial charge in [-0.3, -0.25) is 0 Å². The highest BCUT2D eigenvalue weighted by atomic mass is 19.4. The zero-order valence-corrected chi connectivity index (χ0v) is 13.7. The minimum atomic E-state index is -4.46. The molecule has 0 amide bonds. The van der Waals surface area contributed by atoms with E-state index in [1.165, 1.54) is 6.33 Å². The molecule has 2 aromatic rings. The number of halogens is 3. The zero-order valence-electron chi connectivity index (χ0n) is 13.7. The first kappa shape index (κ1) is 17.4. The van der Waals surface area contributed by atoms with E-state index in [2.05, 4.69) is 19.9 Å². The molecule has 0 spiro atoms. The fourth-order valence-electron chi connectivity index (χ4n) is 2.72. The van der Waals surface area contributed by atoms with Crippen molar-refractivity contribution >= 4 is 5.82 Å². The summed E-state index contributed by atoms with van der Waals surface area (Å²) < 4.78 is 43.9. The van der Waals surface area contributed by atoms with Gasteiger partial charge in [-0.25, -0.2) is 19.9 Å². The highest BCUT2D eigenvalue weighted by Crippen LogP contribution is 2.30. The second-order valence-electron chi connectivity index (χ2n) is 6.00. The fraction of sp³-hybridized carbons (Fsp3) is 0.500. The molecule has 3 heterocycles. The summed E-state index contributed by atoms with van der Waals surface area (Å²) in [6.07, 6.45) is -0.407. The van der Waals surface area contributed by atoms with Crippen LogP contribution < -0.4 is 9.64 Å². The van der Waals surface area contributed by atoms with Crippen molar-refractivity contribution < 1.29 is 17.9 Å². The third-order valence-corrected chi connectivity index (χ3v) is 4.13. The van der Waals surface area contributed by atoms with Crippen LogP contribution in [0.1, 0.15) is 24.2 Å². The van der Waals surface area contributed by atoms with Crippen molar-refractivity contribution in [2.75, 3.05) is 24.6 Å². The average Bonchev–Trinajstić information content (AvgIpc) is 2.60.